The number of morpholine rings is 1. The van der Waals surface area contributed by atoms with Gasteiger partial charge in [-0.3, -0.25) is 0 Å². The van der Waals surface area contributed by atoms with Crippen molar-refractivity contribution in [2.24, 2.45) is 0 Å². The number of hydrogen-bond donors (Lipinski definition) is 0. The van der Waals surface area contributed by atoms with Crippen LogP contribution in [0.5, 0.6) is 0 Å². The van der Waals surface area contributed by atoms with E-state index >= 15 is 0 Å². The summed E-state index contributed by atoms with van der Waals surface area (Å²) >= 11 is 5.98. The summed E-state index contributed by atoms with van der Waals surface area (Å²) in [4.78, 5) is 10.4. The summed E-state index contributed by atoms with van der Waals surface area (Å²) in [6.07, 6.45) is 2.45. The van der Waals surface area contributed by atoms with Crippen LogP contribution in [0, 0.1) is 0 Å². The van der Waals surface area contributed by atoms with E-state index in [0.717, 1.165) is 13.1 Å². The first-order valence-corrected chi connectivity index (χ1v) is 8.77. The maximum absolute atomic E-state index is 12.0. The molecule has 2 heterocycles. The summed E-state index contributed by atoms with van der Waals surface area (Å²) in [5, 5.41) is 0.0962. The molecule has 1 aromatic heterocycles. The predicted molar refractivity (Wildman–Crippen MR) is 75.8 cm³/mol. The van der Waals surface area contributed by atoms with E-state index in [9.17, 15) is 8.42 Å². The van der Waals surface area contributed by atoms with E-state index in [4.69, 9.17) is 16.3 Å². The molecule has 2 fully saturated rings. The Kier molecular flexibility index (Phi) is 3.38. The summed E-state index contributed by atoms with van der Waals surface area (Å²) in [6, 6.07) is 1.76. The van der Waals surface area contributed by atoms with Gasteiger partial charge >= 0.3 is 0 Å². The van der Waals surface area contributed by atoms with E-state index in [-0.39, 0.29) is 5.28 Å². The molecule has 20 heavy (non-hydrogen) atoms. The first-order valence-electron chi connectivity index (χ1n) is 6.50. The largest absolute Gasteiger partial charge is 0.378 e. The van der Waals surface area contributed by atoms with Crippen molar-refractivity contribution in [1.29, 1.82) is 0 Å². The molecule has 0 bridgehead atoms. The van der Waals surface area contributed by atoms with Gasteiger partial charge in [0.2, 0.25) is 5.28 Å². The van der Waals surface area contributed by atoms with E-state index < -0.39 is 14.6 Å². The van der Waals surface area contributed by atoms with Crippen molar-refractivity contribution in [2.45, 2.75) is 17.6 Å². The topological polar surface area (TPSA) is 72.4 Å². The molecule has 1 aliphatic carbocycles. The van der Waals surface area contributed by atoms with Gasteiger partial charge in [0, 0.05) is 25.4 Å². The average Bonchev–Trinajstić information content (AvgIpc) is 3.20. The Hall–Kier alpha value is -0.920. The Bertz CT molecular complexity index is 625. The van der Waals surface area contributed by atoms with Crippen LogP contribution in [-0.4, -0.2) is 50.9 Å². The van der Waals surface area contributed by atoms with Gasteiger partial charge in [0.05, 0.1) is 18.9 Å². The smallest absolute Gasteiger partial charge is 0.224 e. The number of halogens is 1. The molecule has 1 saturated heterocycles. The fraction of sp³-hybridized carbons (Fsp3) is 0.667. The molecule has 8 heteroatoms. The summed E-state index contributed by atoms with van der Waals surface area (Å²) < 4.78 is 28.4. The van der Waals surface area contributed by atoms with Crippen LogP contribution < -0.4 is 4.90 Å². The summed E-state index contributed by atoms with van der Waals surface area (Å²) in [7, 11) is -3.20. The summed E-state index contributed by atoms with van der Waals surface area (Å²) in [5.41, 5.74) is 0.515. The third-order valence-corrected chi connectivity index (χ3v) is 6.11. The molecule has 0 N–H and O–H groups in total. The van der Waals surface area contributed by atoms with E-state index in [0.29, 0.717) is 37.6 Å². The van der Waals surface area contributed by atoms with E-state index in [2.05, 4.69) is 9.97 Å². The lowest BCUT2D eigenvalue weighted by atomic mass is 10.2. The van der Waals surface area contributed by atoms with Crippen molar-refractivity contribution < 1.29 is 13.2 Å². The van der Waals surface area contributed by atoms with Gasteiger partial charge in [-0.25, -0.2) is 18.4 Å². The Morgan fingerprint density at radius 2 is 1.95 bits per heavy atom. The third-order valence-electron chi connectivity index (χ3n) is 3.90. The maximum atomic E-state index is 12.0. The first kappa shape index (κ1) is 14.0. The third kappa shape index (κ3) is 2.38. The molecule has 110 valence electrons. The van der Waals surface area contributed by atoms with Crippen LogP contribution >= 0.6 is 11.6 Å². The molecule has 0 unspecified atom stereocenters. The molecule has 0 aromatic carbocycles. The zero-order chi connectivity index (χ0) is 14.4. The molecule has 1 aromatic rings. The highest BCUT2D eigenvalue weighted by Gasteiger charge is 2.55. The highest BCUT2D eigenvalue weighted by Crippen LogP contribution is 2.52. The van der Waals surface area contributed by atoms with Crippen LogP contribution in [0.25, 0.3) is 0 Å². The molecule has 6 nitrogen and oxygen atoms in total. The van der Waals surface area contributed by atoms with E-state index in [1.54, 1.807) is 6.07 Å². The standard InChI is InChI=1S/C12H16ClN3O3S/c1-20(17,18)12(2-3-12)9-8-10(15-11(13)14-9)16-4-6-19-7-5-16/h8H,2-7H2,1H3. The van der Waals surface area contributed by atoms with Crippen LogP contribution in [0.2, 0.25) is 5.28 Å². The second kappa shape index (κ2) is 4.82. The monoisotopic (exact) mass is 317 g/mol. The maximum Gasteiger partial charge on any atom is 0.224 e. The number of aromatic nitrogens is 2. The lowest BCUT2D eigenvalue weighted by Gasteiger charge is -2.28. The molecular weight excluding hydrogens is 302 g/mol. The molecule has 0 spiro atoms. The Balaban J connectivity index is 1.99. The van der Waals surface area contributed by atoms with Gasteiger partial charge in [0.1, 0.15) is 10.6 Å². The Morgan fingerprint density at radius 3 is 2.50 bits per heavy atom. The number of ether oxygens (including phenoxy) is 1. The summed E-state index contributed by atoms with van der Waals surface area (Å²) in [6.45, 7) is 2.71. The second-order valence-electron chi connectivity index (χ2n) is 5.25. The molecule has 2 aliphatic rings. The van der Waals surface area contributed by atoms with Crippen molar-refractivity contribution in [1.82, 2.24) is 9.97 Å². The van der Waals surface area contributed by atoms with Crippen molar-refractivity contribution in [2.75, 3.05) is 37.5 Å². The first-order chi connectivity index (χ1) is 9.42. The molecule has 1 aliphatic heterocycles. The molecular formula is C12H16ClN3O3S. The van der Waals surface area contributed by atoms with Gasteiger partial charge in [-0.05, 0) is 24.4 Å². The lowest BCUT2D eigenvalue weighted by Crippen LogP contribution is -2.37. The van der Waals surface area contributed by atoms with Crippen molar-refractivity contribution in [3.05, 3.63) is 17.0 Å². The number of anilines is 1. The highest BCUT2D eigenvalue weighted by molar-refractivity contribution is 7.91. The molecule has 3 rings (SSSR count). The van der Waals surface area contributed by atoms with Crippen molar-refractivity contribution >= 4 is 27.3 Å². The minimum atomic E-state index is -3.20. The van der Waals surface area contributed by atoms with Crippen LogP contribution in [0.15, 0.2) is 6.07 Å². The normalized spacial score (nSPS) is 21.8. The van der Waals surface area contributed by atoms with Crippen molar-refractivity contribution in [3.8, 4) is 0 Å². The van der Waals surface area contributed by atoms with Crippen LogP contribution in [0.1, 0.15) is 18.5 Å². The average molecular weight is 318 g/mol. The van der Waals surface area contributed by atoms with Gasteiger partial charge in [0.25, 0.3) is 0 Å². The molecule has 0 radical (unpaired) electrons. The van der Waals surface area contributed by atoms with E-state index in [1.165, 1.54) is 6.26 Å². The van der Waals surface area contributed by atoms with Crippen LogP contribution in [0.3, 0.4) is 0 Å². The van der Waals surface area contributed by atoms with E-state index in [1.807, 2.05) is 4.90 Å². The SMILES string of the molecule is CS(=O)(=O)C1(c2cc(N3CCOCC3)nc(Cl)n2)CC1. The number of rotatable bonds is 3. The highest BCUT2D eigenvalue weighted by atomic mass is 35.5. The van der Waals surface area contributed by atoms with Gasteiger partial charge in [-0.15, -0.1) is 0 Å². The lowest BCUT2D eigenvalue weighted by molar-refractivity contribution is 0.122. The number of sulfone groups is 1. The Morgan fingerprint density at radius 1 is 1.30 bits per heavy atom. The molecule has 0 atom stereocenters. The van der Waals surface area contributed by atoms with Gasteiger partial charge in [-0.2, -0.15) is 0 Å². The second-order valence-corrected chi connectivity index (χ2v) is 7.91. The molecule has 1 saturated carbocycles. The van der Waals surface area contributed by atoms with Gasteiger partial charge in [0.15, 0.2) is 9.84 Å². The number of hydrogen-bond acceptors (Lipinski definition) is 6. The zero-order valence-electron chi connectivity index (χ0n) is 11.2. The minimum absolute atomic E-state index is 0.0962. The fourth-order valence-corrected chi connectivity index (χ4v) is 4.03. The van der Waals surface area contributed by atoms with Crippen LogP contribution in [-0.2, 0) is 19.3 Å². The fourth-order valence-electron chi connectivity index (χ4n) is 2.52. The predicted octanol–water partition coefficient (Wildman–Crippen LogP) is 1.00. The Labute approximate surface area is 123 Å². The van der Waals surface area contributed by atoms with Crippen molar-refractivity contribution in [3.63, 3.8) is 0 Å². The number of nitrogens with zero attached hydrogens (tertiary/aromatic N) is 3. The minimum Gasteiger partial charge on any atom is -0.378 e. The van der Waals surface area contributed by atoms with Gasteiger partial charge < -0.3 is 9.64 Å². The summed E-state index contributed by atoms with van der Waals surface area (Å²) in [5.74, 6) is 0.679. The van der Waals surface area contributed by atoms with Crippen LogP contribution in [0.4, 0.5) is 5.82 Å². The molecule has 0 amide bonds. The van der Waals surface area contributed by atoms with Gasteiger partial charge in [-0.1, -0.05) is 0 Å². The zero-order valence-corrected chi connectivity index (χ0v) is 12.7. The quantitative estimate of drug-likeness (QED) is 0.774.